The number of phosphoric ester groups is 1. The number of likely N-dealkylation sites (N-methyl/N-ethyl adjacent to an activating group) is 1. The minimum absolute atomic E-state index is 0.0122. The zero-order valence-electron chi connectivity index (χ0n) is 41.8. The van der Waals surface area contributed by atoms with E-state index in [9.17, 15) is 19.4 Å². The topological polar surface area (TPSA) is 108 Å². The molecule has 0 aliphatic heterocycles. The van der Waals surface area contributed by atoms with Gasteiger partial charge in [-0.2, -0.15) is 0 Å². The van der Waals surface area contributed by atoms with E-state index in [1.54, 1.807) is 6.08 Å². The molecule has 0 aliphatic rings. The number of aliphatic hydroxyl groups excluding tert-OH is 1. The quantitative estimate of drug-likeness (QED) is 0.0273. The number of hydrogen-bond acceptors (Lipinski definition) is 6. The molecule has 0 aliphatic carbocycles. The van der Waals surface area contributed by atoms with Crippen LogP contribution in [0.1, 0.15) is 226 Å². The lowest BCUT2D eigenvalue weighted by atomic mass is 10.0. The molecule has 1 amide bonds. The van der Waals surface area contributed by atoms with Crippen molar-refractivity contribution in [2.75, 3.05) is 40.9 Å². The van der Waals surface area contributed by atoms with Crippen LogP contribution in [0.15, 0.2) is 60.8 Å². The molecule has 9 heteroatoms. The van der Waals surface area contributed by atoms with Gasteiger partial charge in [-0.25, -0.2) is 0 Å². The first kappa shape index (κ1) is 61.2. The lowest BCUT2D eigenvalue weighted by Crippen LogP contribution is -2.45. The maximum Gasteiger partial charge on any atom is 0.268 e. The SMILES string of the molecule is CC/C=C\C/C=C\C/C=C\CCCCCCCC(=O)NC(COP(=O)([O-])OCC[N+](C)(C)C)C(O)/C=C/CC/C=C/CCCCCCCCCCCCCCCCCCCCCC. The number of hydrogen-bond donors (Lipinski definition) is 2. The minimum Gasteiger partial charge on any atom is -0.756 e. The van der Waals surface area contributed by atoms with E-state index >= 15 is 0 Å². The molecule has 0 aromatic carbocycles. The van der Waals surface area contributed by atoms with Gasteiger partial charge in [-0.05, 0) is 64.2 Å². The minimum atomic E-state index is -4.61. The van der Waals surface area contributed by atoms with Gasteiger partial charge < -0.3 is 28.8 Å². The van der Waals surface area contributed by atoms with E-state index in [1.165, 1.54) is 128 Å². The standard InChI is InChI=1S/C54H101N2O6P/c1-6-8-10-12-14-16-18-20-22-23-24-25-26-27-28-29-30-31-32-34-35-37-39-41-43-45-47-53(57)52(51-62-63(59,60)61-50-49-56(3,4)5)55-54(58)48-46-44-42-40-38-36-33-21-19-17-15-13-11-9-7-2/h9,11,15,17,21,33,37,39,45,47,52-53,57H,6-8,10,12-14,16,18-20,22-32,34-36,38,40-44,46,48-51H2,1-5H3,(H-,55,58,59,60)/b11-9-,17-15-,33-21-,39-37+,47-45+. The number of unbranched alkanes of at least 4 members (excludes halogenated alkanes) is 26. The second kappa shape index (κ2) is 45.4. The van der Waals surface area contributed by atoms with Crippen molar-refractivity contribution in [3.63, 3.8) is 0 Å². The van der Waals surface area contributed by atoms with Crippen molar-refractivity contribution in [3.8, 4) is 0 Å². The van der Waals surface area contributed by atoms with E-state index < -0.39 is 26.6 Å². The maximum absolute atomic E-state index is 12.9. The molecule has 3 unspecified atom stereocenters. The molecule has 0 bridgehead atoms. The van der Waals surface area contributed by atoms with E-state index in [1.807, 2.05) is 27.2 Å². The fourth-order valence-corrected chi connectivity index (χ4v) is 8.08. The number of phosphoric acid groups is 1. The molecular formula is C54H101N2O6P. The second-order valence-corrected chi connectivity index (χ2v) is 20.2. The summed E-state index contributed by atoms with van der Waals surface area (Å²) < 4.78 is 23.2. The average Bonchev–Trinajstić information content (AvgIpc) is 3.24. The first-order valence-corrected chi connectivity index (χ1v) is 27.6. The summed E-state index contributed by atoms with van der Waals surface area (Å²) in [4.78, 5) is 25.4. The predicted molar refractivity (Wildman–Crippen MR) is 270 cm³/mol. The fraction of sp³-hybridized carbons (Fsp3) is 0.796. The molecule has 2 N–H and O–H groups in total. The van der Waals surface area contributed by atoms with E-state index in [4.69, 9.17) is 9.05 Å². The van der Waals surface area contributed by atoms with Crippen LogP contribution in [0.4, 0.5) is 0 Å². The molecular weight excluding hydrogens is 804 g/mol. The largest absolute Gasteiger partial charge is 0.756 e. The van der Waals surface area contributed by atoms with Crippen LogP contribution >= 0.6 is 7.82 Å². The third-order valence-corrected chi connectivity index (χ3v) is 12.4. The summed E-state index contributed by atoms with van der Waals surface area (Å²) in [5, 5.41) is 13.8. The summed E-state index contributed by atoms with van der Waals surface area (Å²) in [6, 6.07) is -0.915. The highest BCUT2D eigenvalue weighted by molar-refractivity contribution is 7.45. The highest BCUT2D eigenvalue weighted by Gasteiger charge is 2.23. The third-order valence-electron chi connectivity index (χ3n) is 11.5. The van der Waals surface area contributed by atoms with Gasteiger partial charge in [0.15, 0.2) is 0 Å². The molecule has 63 heavy (non-hydrogen) atoms. The van der Waals surface area contributed by atoms with Gasteiger partial charge in [-0.3, -0.25) is 9.36 Å². The van der Waals surface area contributed by atoms with E-state index in [2.05, 4.69) is 67.8 Å². The van der Waals surface area contributed by atoms with Crippen LogP contribution in [-0.2, 0) is 18.4 Å². The Hall–Kier alpha value is -1.80. The van der Waals surface area contributed by atoms with Gasteiger partial charge >= 0.3 is 0 Å². The molecule has 0 saturated carbocycles. The monoisotopic (exact) mass is 905 g/mol. The van der Waals surface area contributed by atoms with Gasteiger partial charge in [-0.1, -0.05) is 216 Å². The van der Waals surface area contributed by atoms with Crippen molar-refractivity contribution in [1.29, 1.82) is 0 Å². The van der Waals surface area contributed by atoms with E-state index in [0.29, 0.717) is 17.4 Å². The Balaban J connectivity index is 4.30. The number of carbonyl (C=O) groups excluding carboxylic acids is 1. The molecule has 0 spiro atoms. The highest BCUT2D eigenvalue weighted by atomic mass is 31.2. The van der Waals surface area contributed by atoms with Gasteiger partial charge in [0.1, 0.15) is 13.2 Å². The number of carbonyl (C=O) groups is 1. The summed E-state index contributed by atoms with van der Waals surface area (Å²) in [6.07, 6.45) is 60.1. The second-order valence-electron chi connectivity index (χ2n) is 18.8. The van der Waals surface area contributed by atoms with Gasteiger partial charge in [0, 0.05) is 6.42 Å². The van der Waals surface area contributed by atoms with Gasteiger partial charge in [0.05, 0.1) is 39.9 Å². The predicted octanol–water partition coefficient (Wildman–Crippen LogP) is 14.7. The molecule has 0 fully saturated rings. The van der Waals surface area contributed by atoms with Crippen molar-refractivity contribution < 1.29 is 32.9 Å². The van der Waals surface area contributed by atoms with Crippen LogP contribution in [0.2, 0.25) is 0 Å². The first-order valence-electron chi connectivity index (χ1n) is 26.2. The molecule has 0 heterocycles. The molecule has 0 aromatic rings. The Bertz CT molecular complexity index is 1210. The number of amides is 1. The number of allylic oxidation sites excluding steroid dienone is 9. The summed E-state index contributed by atoms with van der Waals surface area (Å²) >= 11 is 0. The third kappa shape index (κ3) is 48.0. The summed E-state index contributed by atoms with van der Waals surface area (Å²) in [6.45, 7) is 4.51. The van der Waals surface area contributed by atoms with Crippen molar-refractivity contribution in [2.45, 2.75) is 238 Å². The lowest BCUT2D eigenvalue weighted by Gasteiger charge is -2.29. The smallest absolute Gasteiger partial charge is 0.268 e. The molecule has 0 aromatic heterocycles. The summed E-state index contributed by atoms with van der Waals surface area (Å²) in [7, 11) is 1.23. The fourth-order valence-electron chi connectivity index (χ4n) is 7.36. The van der Waals surface area contributed by atoms with E-state index in [0.717, 1.165) is 77.0 Å². The molecule has 0 radical (unpaired) electrons. The zero-order chi connectivity index (χ0) is 46.4. The Kier molecular flexibility index (Phi) is 44.1. The van der Waals surface area contributed by atoms with Crippen LogP contribution in [0.3, 0.4) is 0 Å². The van der Waals surface area contributed by atoms with Crippen molar-refractivity contribution in [3.05, 3.63) is 60.8 Å². The van der Waals surface area contributed by atoms with E-state index in [-0.39, 0.29) is 12.5 Å². The Morgan fingerprint density at radius 1 is 0.571 bits per heavy atom. The number of quaternary nitrogens is 1. The highest BCUT2D eigenvalue weighted by Crippen LogP contribution is 2.38. The van der Waals surface area contributed by atoms with Gasteiger partial charge in [0.2, 0.25) is 5.91 Å². The zero-order valence-corrected chi connectivity index (χ0v) is 42.7. The van der Waals surface area contributed by atoms with Gasteiger partial charge in [0.25, 0.3) is 7.82 Å². The molecule has 0 rings (SSSR count). The Morgan fingerprint density at radius 2 is 0.984 bits per heavy atom. The van der Waals surface area contributed by atoms with Crippen LogP contribution in [-0.4, -0.2) is 68.5 Å². The van der Waals surface area contributed by atoms with Crippen LogP contribution < -0.4 is 10.2 Å². The van der Waals surface area contributed by atoms with Crippen LogP contribution in [0.25, 0.3) is 0 Å². The number of nitrogens with one attached hydrogen (secondary N) is 1. The number of aliphatic hydroxyl groups is 1. The average molecular weight is 905 g/mol. The number of nitrogens with zero attached hydrogens (tertiary/aromatic N) is 1. The van der Waals surface area contributed by atoms with Crippen LogP contribution in [0, 0.1) is 0 Å². The summed E-state index contributed by atoms with van der Waals surface area (Å²) in [5.41, 5.74) is 0. The molecule has 0 saturated heterocycles. The first-order chi connectivity index (χ1) is 30.5. The van der Waals surface area contributed by atoms with Crippen molar-refractivity contribution in [2.24, 2.45) is 0 Å². The molecule has 3 atom stereocenters. The van der Waals surface area contributed by atoms with Gasteiger partial charge in [-0.15, -0.1) is 0 Å². The summed E-state index contributed by atoms with van der Waals surface area (Å²) in [5.74, 6) is -0.225. The lowest BCUT2D eigenvalue weighted by molar-refractivity contribution is -0.870. The molecule has 368 valence electrons. The van der Waals surface area contributed by atoms with Crippen molar-refractivity contribution >= 4 is 13.7 Å². The Labute approximate surface area is 390 Å². The Morgan fingerprint density at radius 3 is 1.48 bits per heavy atom. The van der Waals surface area contributed by atoms with Crippen molar-refractivity contribution in [1.82, 2.24) is 5.32 Å². The normalized spacial score (nSPS) is 14.6. The van der Waals surface area contributed by atoms with Crippen LogP contribution in [0.5, 0.6) is 0 Å². The maximum atomic E-state index is 12.9. The number of rotatable bonds is 47. The molecule has 8 nitrogen and oxygen atoms in total.